The van der Waals surface area contributed by atoms with E-state index in [-0.39, 0.29) is 6.73 Å². The number of unbranched alkanes of at least 4 members (excludes halogenated alkanes) is 3. The van der Waals surface area contributed by atoms with Gasteiger partial charge in [0, 0.05) is 0 Å². The Morgan fingerprint density at radius 1 is 1.00 bits per heavy atom. The standard InChI is InChI=1S/C6H6F3N2O.3C4H9.Sn/c1-12-4-11-3-2-5(10-11)6(7,8)9;3*1-3-4-2;/h2H,4H2,1H3;3*1,3-4H2,2H3;. The Balaban J connectivity index is 3.39. The van der Waals surface area contributed by atoms with Crippen LogP contribution < -0.4 is 3.71 Å². The zero-order valence-corrected chi connectivity index (χ0v) is 18.9. The summed E-state index contributed by atoms with van der Waals surface area (Å²) in [4.78, 5) is 0. The fourth-order valence-corrected chi connectivity index (χ4v) is 19.8. The number of hydrogen-bond acceptors (Lipinski definition) is 2. The van der Waals surface area contributed by atoms with Crippen molar-refractivity contribution in [3.05, 3.63) is 11.8 Å². The topological polar surface area (TPSA) is 27.1 Å². The summed E-state index contributed by atoms with van der Waals surface area (Å²) >= 11 is -2.98. The van der Waals surface area contributed by atoms with Crippen LogP contribution in [0.15, 0.2) is 6.07 Å². The molecule has 0 amide bonds. The van der Waals surface area contributed by atoms with Gasteiger partial charge in [-0.2, -0.15) is 0 Å². The van der Waals surface area contributed by atoms with Crippen LogP contribution in [-0.4, -0.2) is 35.3 Å². The third-order valence-electron chi connectivity index (χ3n) is 4.89. The molecule has 0 unspecified atom stereocenters. The number of alkyl halides is 3. The first-order valence-electron chi connectivity index (χ1n) is 9.49. The van der Waals surface area contributed by atoms with Crippen molar-refractivity contribution in [3.8, 4) is 0 Å². The molecule has 0 atom stereocenters. The number of rotatable bonds is 12. The van der Waals surface area contributed by atoms with Gasteiger partial charge in [0.2, 0.25) is 0 Å². The Labute approximate surface area is 154 Å². The van der Waals surface area contributed by atoms with E-state index in [2.05, 4.69) is 25.9 Å². The van der Waals surface area contributed by atoms with E-state index in [1.807, 2.05) is 0 Å². The quantitative estimate of drug-likeness (QED) is 0.375. The van der Waals surface area contributed by atoms with E-state index >= 15 is 0 Å². The molecule has 25 heavy (non-hydrogen) atoms. The Morgan fingerprint density at radius 3 is 1.84 bits per heavy atom. The van der Waals surface area contributed by atoms with E-state index in [1.165, 1.54) is 17.9 Å². The first kappa shape index (κ1) is 22.8. The maximum absolute atomic E-state index is 13.3. The van der Waals surface area contributed by atoms with E-state index in [0.717, 1.165) is 55.5 Å². The van der Waals surface area contributed by atoms with E-state index in [1.54, 1.807) is 0 Å². The number of methoxy groups -OCH3 is 1. The van der Waals surface area contributed by atoms with Crippen molar-refractivity contribution >= 4 is 22.1 Å². The van der Waals surface area contributed by atoms with Gasteiger partial charge in [0.15, 0.2) is 0 Å². The van der Waals surface area contributed by atoms with Crippen LogP contribution in [0.1, 0.15) is 65.0 Å². The Bertz CT molecular complexity index is 481. The second-order valence-corrected chi connectivity index (χ2v) is 20.0. The fourth-order valence-electron chi connectivity index (χ4n) is 3.51. The van der Waals surface area contributed by atoms with Gasteiger partial charge in [0.25, 0.3) is 0 Å². The molecule has 0 N–H and O–H groups in total. The molecule has 7 heteroatoms. The van der Waals surface area contributed by atoms with Gasteiger partial charge in [-0.3, -0.25) is 0 Å². The zero-order valence-electron chi connectivity index (χ0n) is 16.1. The summed E-state index contributed by atoms with van der Waals surface area (Å²) in [5.41, 5.74) is -0.759. The molecule has 0 aliphatic carbocycles. The Morgan fingerprint density at radius 2 is 1.48 bits per heavy atom. The van der Waals surface area contributed by atoms with Crippen molar-refractivity contribution in [1.29, 1.82) is 0 Å². The first-order valence-corrected chi connectivity index (χ1v) is 17.0. The van der Waals surface area contributed by atoms with Gasteiger partial charge in [-0.1, -0.05) is 0 Å². The SMILES string of the molecule is CCC[CH2][Sn]([CH2]CCC)([CH2]CCC)[c]1cc(C(F)(F)F)nn1COC. The van der Waals surface area contributed by atoms with Crippen molar-refractivity contribution in [2.24, 2.45) is 0 Å². The Kier molecular flexibility index (Phi) is 9.85. The first-order chi connectivity index (χ1) is 11.8. The molecule has 1 aromatic rings. The number of hydrogen-bond donors (Lipinski definition) is 0. The van der Waals surface area contributed by atoms with Crippen molar-refractivity contribution in [1.82, 2.24) is 9.78 Å². The van der Waals surface area contributed by atoms with Crippen molar-refractivity contribution in [2.45, 2.75) is 85.5 Å². The molecular weight excluding hydrogens is 436 g/mol. The van der Waals surface area contributed by atoms with Gasteiger partial charge in [-0.05, 0) is 0 Å². The van der Waals surface area contributed by atoms with Crippen molar-refractivity contribution in [2.75, 3.05) is 7.11 Å². The van der Waals surface area contributed by atoms with Crippen LogP contribution in [-0.2, 0) is 17.6 Å². The zero-order chi connectivity index (χ0) is 18.9. The second-order valence-electron chi connectivity index (χ2n) is 6.92. The number of aromatic nitrogens is 2. The van der Waals surface area contributed by atoms with Crippen LogP contribution in [0.2, 0.25) is 13.3 Å². The maximum atomic E-state index is 13.3. The van der Waals surface area contributed by atoms with Crippen LogP contribution in [0, 0.1) is 0 Å². The molecule has 0 saturated heterocycles. The normalized spacial score (nSPS) is 12.8. The molecule has 0 aromatic carbocycles. The van der Waals surface area contributed by atoms with Crippen LogP contribution in [0.5, 0.6) is 0 Å². The molecule has 0 spiro atoms. The monoisotopic (exact) mass is 470 g/mol. The van der Waals surface area contributed by atoms with Gasteiger partial charge in [-0.25, -0.2) is 0 Å². The van der Waals surface area contributed by atoms with E-state index in [4.69, 9.17) is 4.74 Å². The van der Waals surface area contributed by atoms with E-state index < -0.39 is 30.2 Å². The molecular formula is C18H33F3N2OSn. The van der Waals surface area contributed by atoms with Gasteiger partial charge >= 0.3 is 154 Å². The van der Waals surface area contributed by atoms with Crippen molar-refractivity contribution in [3.63, 3.8) is 0 Å². The molecule has 0 bridgehead atoms. The van der Waals surface area contributed by atoms with Gasteiger partial charge < -0.3 is 0 Å². The predicted molar refractivity (Wildman–Crippen MR) is 98.8 cm³/mol. The molecule has 1 heterocycles. The van der Waals surface area contributed by atoms with Crippen molar-refractivity contribution < 1.29 is 17.9 Å². The predicted octanol–water partition coefficient (Wildman–Crippen LogP) is 5.56. The van der Waals surface area contributed by atoms with Crippen LogP contribution >= 0.6 is 0 Å². The second kappa shape index (κ2) is 10.8. The molecule has 0 radical (unpaired) electrons. The average Bonchev–Trinajstić information content (AvgIpc) is 3.00. The van der Waals surface area contributed by atoms with E-state index in [0.29, 0.717) is 0 Å². The number of halogens is 3. The summed E-state index contributed by atoms with van der Waals surface area (Å²) < 4.78 is 50.7. The molecule has 0 fully saturated rings. The van der Waals surface area contributed by atoms with Gasteiger partial charge in [-0.15, -0.1) is 0 Å². The van der Waals surface area contributed by atoms with Gasteiger partial charge in [0.1, 0.15) is 0 Å². The summed E-state index contributed by atoms with van der Waals surface area (Å²) in [6.07, 6.45) is 2.16. The summed E-state index contributed by atoms with van der Waals surface area (Å²) in [6, 6.07) is 1.36. The third kappa shape index (κ3) is 6.45. The molecule has 3 nitrogen and oxygen atoms in total. The molecule has 1 rings (SSSR count). The summed E-state index contributed by atoms with van der Waals surface area (Å²) in [5, 5.41) is 3.88. The minimum atomic E-state index is -4.40. The van der Waals surface area contributed by atoms with Crippen LogP contribution in [0.4, 0.5) is 13.2 Å². The minimum absolute atomic E-state index is 0.106. The molecule has 0 saturated carbocycles. The van der Waals surface area contributed by atoms with Crippen LogP contribution in [0.25, 0.3) is 0 Å². The fraction of sp³-hybridized carbons (Fsp3) is 0.833. The Hall–Kier alpha value is -0.241. The van der Waals surface area contributed by atoms with E-state index in [9.17, 15) is 13.2 Å². The van der Waals surface area contributed by atoms with Gasteiger partial charge in [0.05, 0.1) is 0 Å². The molecule has 0 aliphatic rings. The summed E-state index contributed by atoms with van der Waals surface area (Å²) in [6.45, 7) is 6.58. The molecule has 146 valence electrons. The van der Waals surface area contributed by atoms with Crippen LogP contribution in [0.3, 0.4) is 0 Å². The number of ether oxygens (including phenoxy) is 1. The molecule has 0 aliphatic heterocycles. The average molecular weight is 469 g/mol. The summed E-state index contributed by atoms with van der Waals surface area (Å²) in [5.74, 6) is 0. The third-order valence-corrected chi connectivity index (χ3v) is 20.4. The summed E-state index contributed by atoms with van der Waals surface area (Å²) in [7, 11) is 1.51. The number of nitrogens with zero attached hydrogens (tertiary/aromatic N) is 2. The molecule has 1 aromatic heterocycles.